The average Bonchev–Trinajstić information content (AvgIpc) is 2.24. The number of carbonyl (C=O) groups is 1. The van der Waals surface area contributed by atoms with Crippen LogP contribution < -0.4 is 10.6 Å². The highest BCUT2D eigenvalue weighted by molar-refractivity contribution is 5.74. The van der Waals surface area contributed by atoms with Gasteiger partial charge in [-0.25, -0.2) is 4.79 Å². The molecule has 1 rings (SSSR count). The Morgan fingerprint density at radius 1 is 1.41 bits per heavy atom. The maximum atomic E-state index is 11.6. The minimum absolute atomic E-state index is 0.162. The van der Waals surface area contributed by atoms with Crippen molar-refractivity contribution in [2.24, 2.45) is 0 Å². The highest BCUT2D eigenvalue weighted by Crippen LogP contribution is 2.05. The molecule has 1 aromatic heterocycles. The molecule has 0 fully saturated rings. The van der Waals surface area contributed by atoms with Gasteiger partial charge in [0.2, 0.25) is 0 Å². The molecule has 0 unspecified atom stereocenters. The number of aryl methyl sites for hydroxylation is 1. The first-order valence-corrected chi connectivity index (χ1v) is 5.91. The summed E-state index contributed by atoms with van der Waals surface area (Å²) in [6.07, 6.45) is 2.67. The van der Waals surface area contributed by atoms with Crippen molar-refractivity contribution in [1.29, 1.82) is 0 Å². The van der Waals surface area contributed by atoms with Crippen LogP contribution >= 0.6 is 0 Å². The second-order valence-electron chi connectivity index (χ2n) is 5.02. The molecule has 0 radical (unpaired) electrons. The number of nitrogens with zero attached hydrogens (tertiary/aromatic N) is 1. The summed E-state index contributed by atoms with van der Waals surface area (Å²) in [4.78, 5) is 15.9. The van der Waals surface area contributed by atoms with Gasteiger partial charge in [0.1, 0.15) is 0 Å². The topological polar surface area (TPSA) is 54.0 Å². The van der Waals surface area contributed by atoms with E-state index in [2.05, 4.69) is 22.5 Å². The van der Waals surface area contributed by atoms with E-state index in [0.29, 0.717) is 6.54 Å². The van der Waals surface area contributed by atoms with Crippen molar-refractivity contribution in [3.05, 3.63) is 29.6 Å². The molecule has 0 aromatic carbocycles. The van der Waals surface area contributed by atoms with E-state index < -0.39 is 0 Å². The van der Waals surface area contributed by atoms with Crippen LogP contribution in [0.5, 0.6) is 0 Å². The van der Waals surface area contributed by atoms with Crippen LogP contribution in [-0.2, 0) is 13.0 Å². The molecular weight excluding hydrogens is 214 g/mol. The van der Waals surface area contributed by atoms with Gasteiger partial charge >= 0.3 is 6.03 Å². The molecule has 2 amide bonds. The van der Waals surface area contributed by atoms with E-state index in [1.54, 1.807) is 6.20 Å². The normalized spacial score (nSPS) is 11.1. The lowest BCUT2D eigenvalue weighted by atomic mass is 10.1. The number of amides is 2. The summed E-state index contributed by atoms with van der Waals surface area (Å²) in [7, 11) is 0. The van der Waals surface area contributed by atoms with Crippen molar-refractivity contribution in [2.75, 3.05) is 0 Å². The SMILES string of the molecule is CCc1cccnc1CNC(=O)NC(C)(C)C. The predicted octanol–water partition coefficient (Wildman–Crippen LogP) is 2.24. The summed E-state index contributed by atoms with van der Waals surface area (Å²) in [5, 5.41) is 5.67. The summed E-state index contributed by atoms with van der Waals surface area (Å²) < 4.78 is 0. The molecule has 1 aromatic rings. The fourth-order valence-corrected chi connectivity index (χ4v) is 1.50. The van der Waals surface area contributed by atoms with E-state index in [9.17, 15) is 4.79 Å². The lowest BCUT2D eigenvalue weighted by Gasteiger charge is -2.20. The Bertz CT molecular complexity index is 382. The van der Waals surface area contributed by atoms with Crippen molar-refractivity contribution < 1.29 is 4.79 Å². The van der Waals surface area contributed by atoms with Gasteiger partial charge in [-0.2, -0.15) is 0 Å². The van der Waals surface area contributed by atoms with Gasteiger partial charge in [0.05, 0.1) is 12.2 Å². The zero-order chi connectivity index (χ0) is 12.9. The van der Waals surface area contributed by atoms with Crippen LogP contribution in [0.1, 0.15) is 39.0 Å². The third-order valence-corrected chi connectivity index (χ3v) is 2.27. The molecule has 17 heavy (non-hydrogen) atoms. The Hall–Kier alpha value is -1.58. The van der Waals surface area contributed by atoms with Crippen molar-refractivity contribution in [3.63, 3.8) is 0 Å². The van der Waals surface area contributed by atoms with Crippen LogP contribution in [0.25, 0.3) is 0 Å². The van der Waals surface area contributed by atoms with E-state index in [1.165, 1.54) is 5.56 Å². The van der Waals surface area contributed by atoms with Crippen LogP contribution in [0.2, 0.25) is 0 Å². The third kappa shape index (κ3) is 4.85. The van der Waals surface area contributed by atoms with Crippen LogP contribution in [0.4, 0.5) is 4.79 Å². The third-order valence-electron chi connectivity index (χ3n) is 2.27. The highest BCUT2D eigenvalue weighted by atomic mass is 16.2. The fraction of sp³-hybridized carbons (Fsp3) is 0.538. The molecule has 1 heterocycles. The van der Waals surface area contributed by atoms with Crippen molar-refractivity contribution in [2.45, 2.75) is 46.2 Å². The smallest absolute Gasteiger partial charge is 0.315 e. The maximum Gasteiger partial charge on any atom is 0.315 e. The molecule has 0 aliphatic heterocycles. The number of aromatic nitrogens is 1. The maximum absolute atomic E-state index is 11.6. The lowest BCUT2D eigenvalue weighted by molar-refractivity contribution is 0.231. The summed E-state index contributed by atoms with van der Waals surface area (Å²) in [6, 6.07) is 3.79. The molecule has 0 bridgehead atoms. The summed E-state index contributed by atoms with van der Waals surface area (Å²) in [5.41, 5.74) is 1.88. The first kappa shape index (κ1) is 13.5. The van der Waals surface area contributed by atoms with E-state index in [4.69, 9.17) is 0 Å². The number of hydrogen-bond acceptors (Lipinski definition) is 2. The number of pyridine rings is 1. The monoisotopic (exact) mass is 235 g/mol. The second-order valence-corrected chi connectivity index (χ2v) is 5.02. The molecule has 0 atom stereocenters. The van der Waals surface area contributed by atoms with E-state index >= 15 is 0 Å². The van der Waals surface area contributed by atoms with Gasteiger partial charge in [-0.1, -0.05) is 13.0 Å². The molecule has 0 spiro atoms. The molecule has 4 heteroatoms. The average molecular weight is 235 g/mol. The van der Waals surface area contributed by atoms with Gasteiger partial charge in [0.15, 0.2) is 0 Å². The van der Waals surface area contributed by atoms with Crippen molar-refractivity contribution >= 4 is 6.03 Å². The van der Waals surface area contributed by atoms with Gasteiger partial charge in [-0.3, -0.25) is 4.98 Å². The number of rotatable bonds is 3. The minimum Gasteiger partial charge on any atom is -0.334 e. The van der Waals surface area contributed by atoms with Crippen LogP contribution in [0.15, 0.2) is 18.3 Å². The number of hydrogen-bond donors (Lipinski definition) is 2. The number of nitrogens with one attached hydrogen (secondary N) is 2. The first-order chi connectivity index (χ1) is 7.92. The number of carbonyl (C=O) groups excluding carboxylic acids is 1. The molecule has 2 N–H and O–H groups in total. The van der Waals surface area contributed by atoms with Crippen molar-refractivity contribution in [1.82, 2.24) is 15.6 Å². The standard InChI is InChI=1S/C13H21N3O/c1-5-10-7-6-8-14-11(10)9-15-12(17)16-13(2,3)4/h6-8H,5,9H2,1-4H3,(H2,15,16,17). The molecule has 0 saturated heterocycles. The summed E-state index contributed by atoms with van der Waals surface area (Å²) in [6.45, 7) is 8.39. The quantitative estimate of drug-likeness (QED) is 0.844. The Morgan fingerprint density at radius 2 is 2.12 bits per heavy atom. The minimum atomic E-state index is -0.220. The zero-order valence-electron chi connectivity index (χ0n) is 11.0. The van der Waals surface area contributed by atoms with Gasteiger partial charge < -0.3 is 10.6 Å². The van der Waals surface area contributed by atoms with Gasteiger partial charge in [-0.15, -0.1) is 0 Å². The zero-order valence-corrected chi connectivity index (χ0v) is 11.0. The molecule has 0 saturated carbocycles. The largest absolute Gasteiger partial charge is 0.334 e. The van der Waals surface area contributed by atoms with Crippen molar-refractivity contribution in [3.8, 4) is 0 Å². The van der Waals surface area contributed by atoms with Crippen LogP contribution in [0.3, 0.4) is 0 Å². The lowest BCUT2D eigenvalue weighted by Crippen LogP contribution is -2.46. The van der Waals surface area contributed by atoms with Gasteiger partial charge in [0, 0.05) is 11.7 Å². The summed E-state index contributed by atoms with van der Waals surface area (Å²) >= 11 is 0. The highest BCUT2D eigenvalue weighted by Gasteiger charge is 2.13. The predicted molar refractivity (Wildman–Crippen MR) is 68.7 cm³/mol. The molecule has 4 nitrogen and oxygen atoms in total. The Morgan fingerprint density at radius 3 is 2.71 bits per heavy atom. The Kier molecular flexibility index (Phi) is 4.49. The van der Waals surface area contributed by atoms with Gasteiger partial charge in [-0.05, 0) is 38.8 Å². The van der Waals surface area contributed by atoms with Crippen LogP contribution in [0, 0.1) is 0 Å². The molecule has 94 valence electrons. The molecule has 0 aliphatic rings. The Labute approximate surface area is 103 Å². The molecular formula is C13H21N3O. The number of urea groups is 1. The fourth-order valence-electron chi connectivity index (χ4n) is 1.50. The molecule has 0 aliphatic carbocycles. The van der Waals surface area contributed by atoms with Crippen LogP contribution in [-0.4, -0.2) is 16.6 Å². The second kappa shape index (κ2) is 5.66. The van der Waals surface area contributed by atoms with E-state index in [0.717, 1.165) is 12.1 Å². The van der Waals surface area contributed by atoms with E-state index in [-0.39, 0.29) is 11.6 Å². The Balaban J connectivity index is 2.53. The summed E-state index contributed by atoms with van der Waals surface area (Å²) in [5.74, 6) is 0. The first-order valence-electron chi connectivity index (χ1n) is 5.91. The van der Waals surface area contributed by atoms with E-state index in [1.807, 2.05) is 32.9 Å². The van der Waals surface area contributed by atoms with Gasteiger partial charge in [0.25, 0.3) is 0 Å².